The molecule has 0 radical (unpaired) electrons. The lowest BCUT2D eigenvalue weighted by molar-refractivity contribution is 0.112. The summed E-state index contributed by atoms with van der Waals surface area (Å²) in [4.78, 5) is 10.6. The molecule has 0 amide bonds. The maximum Gasteiger partial charge on any atom is 0.150 e. The molecular formula is C17H15N3O2. The molecule has 0 bridgehead atoms. The summed E-state index contributed by atoms with van der Waals surface area (Å²) in [6.07, 6.45) is 2.67. The molecule has 0 unspecified atom stereocenters. The van der Waals surface area contributed by atoms with E-state index in [1.165, 1.54) is 5.56 Å². The van der Waals surface area contributed by atoms with E-state index in [2.05, 4.69) is 10.3 Å². The van der Waals surface area contributed by atoms with Crippen molar-refractivity contribution in [3.05, 3.63) is 77.6 Å². The van der Waals surface area contributed by atoms with E-state index in [4.69, 9.17) is 4.74 Å². The molecule has 22 heavy (non-hydrogen) atoms. The molecule has 1 aromatic heterocycles. The van der Waals surface area contributed by atoms with Gasteiger partial charge in [0.2, 0.25) is 0 Å². The number of aromatic nitrogens is 3. The predicted molar refractivity (Wildman–Crippen MR) is 81.7 cm³/mol. The third kappa shape index (κ3) is 3.58. The molecule has 0 saturated carbocycles. The summed E-state index contributed by atoms with van der Waals surface area (Å²) in [6.45, 7) is 1.02. The molecule has 3 aromatic rings. The van der Waals surface area contributed by atoms with E-state index in [1.807, 2.05) is 36.5 Å². The lowest BCUT2D eigenvalue weighted by atomic mass is 10.2. The quantitative estimate of drug-likeness (QED) is 0.656. The van der Waals surface area contributed by atoms with Crippen LogP contribution < -0.4 is 4.74 Å². The molecule has 0 fully saturated rings. The highest BCUT2D eigenvalue weighted by Crippen LogP contribution is 2.12. The minimum Gasteiger partial charge on any atom is -0.487 e. The van der Waals surface area contributed by atoms with Crippen molar-refractivity contribution in [1.82, 2.24) is 15.0 Å². The van der Waals surface area contributed by atoms with Crippen LogP contribution in [0.1, 0.15) is 21.6 Å². The average Bonchev–Trinajstić information content (AvgIpc) is 3.02. The molecule has 0 spiro atoms. The highest BCUT2D eigenvalue weighted by molar-refractivity contribution is 5.74. The molecule has 110 valence electrons. The Bertz CT molecular complexity index is 736. The summed E-state index contributed by atoms with van der Waals surface area (Å²) in [5.74, 6) is 0.697. The van der Waals surface area contributed by atoms with Crippen LogP contribution in [0.2, 0.25) is 0 Å². The molecule has 1 heterocycles. The highest BCUT2D eigenvalue weighted by atomic mass is 16.5. The van der Waals surface area contributed by atoms with Gasteiger partial charge in [0.1, 0.15) is 24.3 Å². The van der Waals surface area contributed by atoms with E-state index in [9.17, 15) is 4.79 Å². The van der Waals surface area contributed by atoms with Crippen LogP contribution in [0.25, 0.3) is 0 Å². The van der Waals surface area contributed by atoms with Gasteiger partial charge in [0.05, 0.1) is 12.7 Å². The van der Waals surface area contributed by atoms with Crippen molar-refractivity contribution >= 4 is 6.29 Å². The zero-order valence-electron chi connectivity index (χ0n) is 11.9. The Kier molecular flexibility index (Phi) is 4.25. The standard InChI is InChI=1S/C17H15N3O2/c21-12-15-6-8-17(9-7-15)22-13-16-11-20(19-18-16)10-14-4-2-1-3-5-14/h1-9,11-12H,10,13H2. The summed E-state index contributed by atoms with van der Waals surface area (Å²) in [5.41, 5.74) is 2.56. The van der Waals surface area contributed by atoms with E-state index in [1.54, 1.807) is 28.9 Å². The second-order valence-electron chi connectivity index (χ2n) is 4.87. The fourth-order valence-corrected chi connectivity index (χ4v) is 2.05. The summed E-state index contributed by atoms with van der Waals surface area (Å²) in [7, 11) is 0. The lowest BCUT2D eigenvalue weighted by Crippen LogP contribution is -2.00. The number of carbonyl (C=O) groups is 1. The van der Waals surface area contributed by atoms with E-state index in [-0.39, 0.29) is 0 Å². The van der Waals surface area contributed by atoms with Gasteiger partial charge < -0.3 is 4.74 Å². The van der Waals surface area contributed by atoms with E-state index >= 15 is 0 Å². The second-order valence-corrected chi connectivity index (χ2v) is 4.87. The van der Waals surface area contributed by atoms with Gasteiger partial charge in [-0.25, -0.2) is 4.68 Å². The van der Waals surface area contributed by atoms with Crippen LogP contribution in [-0.4, -0.2) is 21.3 Å². The lowest BCUT2D eigenvalue weighted by Gasteiger charge is -2.03. The van der Waals surface area contributed by atoms with Gasteiger partial charge >= 0.3 is 0 Å². The molecule has 2 aromatic carbocycles. The molecule has 5 nitrogen and oxygen atoms in total. The van der Waals surface area contributed by atoms with Crippen molar-refractivity contribution in [3.63, 3.8) is 0 Å². The minimum atomic E-state index is 0.342. The van der Waals surface area contributed by atoms with Gasteiger partial charge in [-0.3, -0.25) is 4.79 Å². The summed E-state index contributed by atoms with van der Waals surface area (Å²) in [6, 6.07) is 17.0. The number of carbonyl (C=O) groups excluding carboxylic acids is 1. The normalized spacial score (nSPS) is 10.4. The third-order valence-electron chi connectivity index (χ3n) is 3.18. The number of nitrogens with zero attached hydrogens (tertiary/aromatic N) is 3. The maximum atomic E-state index is 10.6. The van der Waals surface area contributed by atoms with Crippen LogP contribution in [0.15, 0.2) is 60.8 Å². The monoisotopic (exact) mass is 293 g/mol. The smallest absolute Gasteiger partial charge is 0.150 e. The minimum absolute atomic E-state index is 0.342. The molecule has 0 aliphatic carbocycles. The number of hydrogen-bond acceptors (Lipinski definition) is 4. The number of aldehydes is 1. The topological polar surface area (TPSA) is 57.0 Å². The average molecular weight is 293 g/mol. The van der Waals surface area contributed by atoms with Crippen molar-refractivity contribution < 1.29 is 9.53 Å². The number of ether oxygens (including phenoxy) is 1. The van der Waals surface area contributed by atoms with Gasteiger partial charge in [-0.2, -0.15) is 0 Å². The Hall–Kier alpha value is -2.95. The van der Waals surface area contributed by atoms with Crippen molar-refractivity contribution in [3.8, 4) is 5.75 Å². The van der Waals surface area contributed by atoms with Gasteiger partial charge in [0.25, 0.3) is 0 Å². The fourth-order valence-electron chi connectivity index (χ4n) is 2.05. The number of benzene rings is 2. The summed E-state index contributed by atoms with van der Waals surface area (Å²) >= 11 is 0. The fraction of sp³-hybridized carbons (Fsp3) is 0.118. The zero-order valence-corrected chi connectivity index (χ0v) is 11.9. The molecule has 5 heteroatoms. The van der Waals surface area contributed by atoms with Gasteiger partial charge in [0.15, 0.2) is 0 Å². The molecule has 0 N–H and O–H groups in total. The van der Waals surface area contributed by atoms with Crippen LogP contribution >= 0.6 is 0 Å². The first-order valence-electron chi connectivity index (χ1n) is 6.94. The van der Waals surface area contributed by atoms with Gasteiger partial charge in [-0.15, -0.1) is 5.10 Å². The molecule has 3 rings (SSSR count). The Balaban J connectivity index is 1.58. The Morgan fingerprint density at radius 3 is 2.55 bits per heavy atom. The van der Waals surface area contributed by atoms with Crippen LogP contribution in [0, 0.1) is 0 Å². The van der Waals surface area contributed by atoms with Crippen molar-refractivity contribution in [2.75, 3.05) is 0 Å². The Morgan fingerprint density at radius 2 is 1.82 bits per heavy atom. The molecule has 0 saturated heterocycles. The van der Waals surface area contributed by atoms with Crippen molar-refractivity contribution in [2.24, 2.45) is 0 Å². The van der Waals surface area contributed by atoms with E-state index < -0.39 is 0 Å². The van der Waals surface area contributed by atoms with Crippen molar-refractivity contribution in [2.45, 2.75) is 13.2 Å². The first-order chi connectivity index (χ1) is 10.8. The Labute approximate surface area is 128 Å². The zero-order chi connectivity index (χ0) is 15.2. The van der Waals surface area contributed by atoms with Crippen LogP contribution in [-0.2, 0) is 13.2 Å². The maximum absolute atomic E-state index is 10.6. The first kappa shape index (κ1) is 14.0. The van der Waals surface area contributed by atoms with Crippen LogP contribution in [0.5, 0.6) is 5.75 Å². The molecular weight excluding hydrogens is 278 g/mol. The molecule has 0 aliphatic heterocycles. The van der Waals surface area contributed by atoms with Gasteiger partial charge in [-0.05, 0) is 29.8 Å². The predicted octanol–water partition coefficient (Wildman–Crippen LogP) is 2.72. The van der Waals surface area contributed by atoms with E-state index in [0.29, 0.717) is 24.5 Å². The third-order valence-corrected chi connectivity index (χ3v) is 3.18. The highest BCUT2D eigenvalue weighted by Gasteiger charge is 2.03. The molecule has 0 atom stereocenters. The number of hydrogen-bond donors (Lipinski definition) is 0. The summed E-state index contributed by atoms with van der Waals surface area (Å²) < 4.78 is 7.40. The first-order valence-corrected chi connectivity index (χ1v) is 6.94. The Morgan fingerprint density at radius 1 is 1.05 bits per heavy atom. The molecule has 0 aliphatic rings. The number of rotatable bonds is 6. The van der Waals surface area contributed by atoms with Gasteiger partial charge in [0, 0.05) is 5.56 Å². The van der Waals surface area contributed by atoms with Crippen molar-refractivity contribution in [1.29, 1.82) is 0 Å². The largest absolute Gasteiger partial charge is 0.487 e. The van der Waals surface area contributed by atoms with Crippen LogP contribution in [0.4, 0.5) is 0 Å². The second kappa shape index (κ2) is 6.67. The van der Waals surface area contributed by atoms with Gasteiger partial charge in [-0.1, -0.05) is 35.5 Å². The summed E-state index contributed by atoms with van der Waals surface area (Å²) in [5, 5.41) is 8.18. The van der Waals surface area contributed by atoms with Crippen LogP contribution in [0.3, 0.4) is 0 Å². The van der Waals surface area contributed by atoms with E-state index in [0.717, 1.165) is 12.0 Å². The SMILES string of the molecule is O=Cc1ccc(OCc2cn(Cc3ccccc3)nn2)cc1.